The van der Waals surface area contributed by atoms with Crippen LogP contribution in [-0.4, -0.2) is 17.5 Å². The van der Waals surface area contributed by atoms with Gasteiger partial charge in [0.2, 0.25) is 0 Å². The summed E-state index contributed by atoms with van der Waals surface area (Å²) in [6.45, 7) is 3.86. The second-order valence-corrected chi connectivity index (χ2v) is 9.42. The lowest BCUT2D eigenvalue weighted by Gasteiger charge is -2.09. The number of fused-ring (bicyclic) bond motifs is 1. The lowest BCUT2D eigenvalue weighted by atomic mass is 10.1. The fraction of sp³-hybridized carbons (Fsp3) is 0.115. The molecule has 2 amide bonds. The molecule has 4 aromatic rings. The molecule has 8 heteroatoms. The first-order valence-electron chi connectivity index (χ1n) is 10.6. The number of aryl methyl sites for hydroxylation is 1. The van der Waals surface area contributed by atoms with E-state index in [4.69, 9.17) is 23.2 Å². The molecule has 0 bridgehead atoms. The molecular formula is C26H21Cl2N3O2S. The average molecular weight is 510 g/mol. The van der Waals surface area contributed by atoms with Crippen molar-refractivity contribution in [1.29, 1.82) is 0 Å². The number of anilines is 1. The van der Waals surface area contributed by atoms with Gasteiger partial charge in [-0.05, 0) is 54.8 Å². The van der Waals surface area contributed by atoms with Crippen LogP contribution in [0.2, 0.25) is 10.0 Å². The molecule has 0 atom stereocenters. The van der Waals surface area contributed by atoms with Crippen LogP contribution < -0.4 is 10.7 Å². The van der Waals surface area contributed by atoms with Crippen LogP contribution in [0.1, 0.15) is 45.0 Å². The molecule has 0 aliphatic rings. The highest BCUT2D eigenvalue weighted by Crippen LogP contribution is 2.36. The summed E-state index contributed by atoms with van der Waals surface area (Å²) in [7, 11) is 0. The van der Waals surface area contributed by atoms with Crippen LogP contribution in [-0.2, 0) is 6.42 Å². The van der Waals surface area contributed by atoms with Crippen molar-refractivity contribution in [2.45, 2.75) is 20.3 Å². The van der Waals surface area contributed by atoms with Crippen LogP contribution in [0.25, 0.3) is 10.1 Å². The maximum Gasteiger partial charge on any atom is 0.283 e. The number of rotatable bonds is 6. The lowest BCUT2D eigenvalue weighted by Crippen LogP contribution is -2.18. The highest BCUT2D eigenvalue weighted by Gasteiger charge is 2.17. The van der Waals surface area contributed by atoms with Gasteiger partial charge in [-0.1, -0.05) is 66.5 Å². The van der Waals surface area contributed by atoms with E-state index < -0.39 is 0 Å². The van der Waals surface area contributed by atoms with E-state index in [9.17, 15) is 9.59 Å². The van der Waals surface area contributed by atoms with Crippen molar-refractivity contribution >= 4 is 67.8 Å². The van der Waals surface area contributed by atoms with Crippen LogP contribution >= 0.6 is 34.5 Å². The Kier molecular flexibility index (Phi) is 7.32. The van der Waals surface area contributed by atoms with Crippen LogP contribution in [0.5, 0.6) is 0 Å². The van der Waals surface area contributed by atoms with Crippen LogP contribution in [0, 0.1) is 0 Å². The van der Waals surface area contributed by atoms with Crippen molar-refractivity contribution in [3.8, 4) is 0 Å². The first kappa shape index (κ1) is 24.0. The number of halogens is 2. The Morgan fingerprint density at radius 3 is 2.53 bits per heavy atom. The largest absolute Gasteiger partial charge is 0.322 e. The smallest absolute Gasteiger partial charge is 0.283 e. The average Bonchev–Trinajstić information content (AvgIpc) is 3.18. The third-order valence-electron chi connectivity index (χ3n) is 5.29. The molecule has 0 saturated heterocycles. The molecule has 172 valence electrons. The standard InChI is InChI=1S/C26H21Cl2N3O2S/c1-3-16-11-12-20-22(13-16)34-24(23(20)28)26(33)31-30-15(2)17-7-6-8-18(14-17)29-25(32)19-9-4-5-10-21(19)27/h4-14H,3H2,1-2H3,(H,29,32)(H,31,33)/b30-15+. The molecule has 34 heavy (non-hydrogen) atoms. The molecule has 0 radical (unpaired) electrons. The predicted octanol–water partition coefficient (Wildman–Crippen LogP) is 7.18. The van der Waals surface area contributed by atoms with Crippen molar-refractivity contribution in [3.63, 3.8) is 0 Å². The zero-order valence-corrected chi connectivity index (χ0v) is 20.8. The molecule has 2 N–H and O–H groups in total. The first-order chi connectivity index (χ1) is 16.4. The molecule has 4 rings (SSSR count). The molecule has 0 aliphatic heterocycles. The molecule has 0 fully saturated rings. The first-order valence-corrected chi connectivity index (χ1v) is 12.2. The van der Waals surface area contributed by atoms with Gasteiger partial charge in [0.05, 0.1) is 21.3 Å². The number of nitrogens with zero attached hydrogens (tertiary/aromatic N) is 1. The van der Waals surface area contributed by atoms with Gasteiger partial charge in [0.25, 0.3) is 11.8 Å². The van der Waals surface area contributed by atoms with E-state index in [-0.39, 0.29) is 11.8 Å². The monoisotopic (exact) mass is 509 g/mol. The Bertz CT molecular complexity index is 1430. The van der Waals surface area contributed by atoms with Crippen molar-refractivity contribution in [3.05, 3.63) is 98.3 Å². The maximum absolute atomic E-state index is 12.8. The topological polar surface area (TPSA) is 70.6 Å². The van der Waals surface area contributed by atoms with Crippen LogP contribution in [0.3, 0.4) is 0 Å². The number of benzene rings is 3. The molecule has 5 nitrogen and oxygen atoms in total. The molecule has 0 saturated carbocycles. The number of carbonyl (C=O) groups is 2. The predicted molar refractivity (Wildman–Crippen MR) is 142 cm³/mol. The summed E-state index contributed by atoms with van der Waals surface area (Å²) < 4.78 is 0.970. The number of nitrogens with one attached hydrogen (secondary N) is 2. The van der Waals surface area contributed by atoms with Crippen LogP contribution in [0.4, 0.5) is 5.69 Å². The van der Waals surface area contributed by atoms with E-state index in [0.717, 1.165) is 22.1 Å². The summed E-state index contributed by atoms with van der Waals surface area (Å²) in [4.78, 5) is 25.7. The van der Waals surface area contributed by atoms with Gasteiger partial charge >= 0.3 is 0 Å². The van der Waals surface area contributed by atoms with Crippen molar-refractivity contribution in [1.82, 2.24) is 5.43 Å². The summed E-state index contributed by atoms with van der Waals surface area (Å²) in [5.41, 5.74) is 6.07. The quantitative estimate of drug-likeness (QED) is 0.213. The molecule has 1 heterocycles. The van der Waals surface area contributed by atoms with E-state index in [1.165, 1.54) is 16.9 Å². The number of thiophene rings is 1. The Labute approximate surface area is 211 Å². The van der Waals surface area contributed by atoms with Gasteiger partial charge in [0.1, 0.15) is 4.88 Å². The third-order valence-corrected chi connectivity index (χ3v) is 7.28. The highest BCUT2D eigenvalue weighted by molar-refractivity contribution is 7.21. The third kappa shape index (κ3) is 5.14. The maximum atomic E-state index is 12.8. The Morgan fingerprint density at radius 1 is 0.971 bits per heavy atom. The minimum absolute atomic E-state index is 0.309. The summed E-state index contributed by atoms with van der Waals surface area (Å²) >= 11 is 13.9. The van der Waals surface area contributed by atoms with Crippen molar-refractivity contribution in [2.24, 2.45) is 5.10 Å². The van der Waals surface area contributed by atoms with Gasteiger partial charge in [-0.2, -0.15) is 5.10 Å². The molecular weight excluding hydrogens is 489 g/mol. The van der Waals surface area contributed by atoms with Gasteiger partial charge < -0.3 is 5.32 Å². The minimum atomic E-state index is -0.369. The van der Waals surface area contributed by atoms with E-state index in [2.05, 4.69) is 28.8 Å². The fourth-order valence-corrected chi connectivity index (χ4v) is 5.08. The van der Waals surface area contributed by atoms with E-state index in [1.54, 1.807) is 49.4 Å². The van der Waals surface area contributed by atoms with Crippen molar-refractivity contribution < 1.29 is 9.59 Å². The highest BCUT2D eigenvalue weighted by atomic mass is 35.5. The summed E-state index contributed by atoms with van der Waals surface area (Å²) in [6, 6.07) is 20.0. The SMILES string of the molecule is CCc1ccc2c(Cl)c(C(=O)N/N=C(\C)c3cccc(NC(=O)c4ccccc4Cl)c3)sc2c1. The molecule has 0 unspecified atom stereocenters. The molecule has 0 spiro atoms. The number of hydrogen-bond acceptors (Lipinski definition) is 4. The van der Waals surface area contributed by atoms with E-state index in [0.29, 0.717) is 31.9 Å². The number of carbonyl (C=O) groups excluding carboxylic acids is 2. The van der Waals surface area contributed by atoms with Gasteiger partial charge in [0, 0.05) is 15.8 Å². The van der Waals surface area contributed by atoms with Crippen LogP contribution in [0.15, 0.2) is 71.8 Å². The molecule has 1 aromatic heterocycles. The zero-order valence-electron chi connectivity index (χ0n) is 18.5. The van der Waals surface area contributed by atoms with Gasteiger partial charge in [-0.15, -0.1) is 11.3 Å². The Hall–Kier alpha value is -3.19. The zero-order chi connectivity index (χ0) is 24.2. The Balaban J connectivity index is 1.49. The van der Waals surface area contributed by atoms with Gasteiger partial charge in [0.15, 0.2) is 0 Å². The minimum Gasteiger partial charge on any atom is -0.322 e. The summed E-state index contributed by atoms with van der Waals surface area (Å²) in [5.74, 6) is -0.678. The van der Waals surface area contributed by atoms with Crippen molar-refractivity contribution in [2.75, 3.05) is 5.32 Å². The second kappa shape index (κ2) is 10.4. The lowest BCUT2D eigenvalue weighted by molar-refractivity contribution is 0.0958. The van der Waals surface area contributed by atoms with E-state index >= 15 is 0 Å². The summed E-state index contributed by atoms with van der Waals surface area (Å²) in [5, 5.41) is 8.74. The molecule has 0 aliphatic carbocycles. The second-order valence-electron chi connectivity index (χ2n) is 7.58. The normalized spacial score (nSPS) is 11.5. The molecule has 3 aromatic carbocycles. The van der Waals surface area contributed by atoms with Gasteiger partial charge in [-0.3, -0.25) is 9.59 Å². The van der Waals surface area contributed by atoms with Gasteiger partial charge in [-0.25, -0.2) is 5.43 Å². The number of amides is 2. The number of hydrazone groups is 1. The summed E-state index contributed by atoms with van der Waals surface area (Å²) in [6.07, 6.45) is 0.911. The fourth-order valence-electron chi connectivity index (χ4n) is 3.39. The Morgan fingerprint density at radius 2 is 1.76 bits per heavy atom. The number of hydrogen-bond donors (Lipinski definition) is 2. The van der Waals surface area contributed by atoms with E-state index in [1.807, 2.05) is 18.2 Å².